The maximum absolute atomic E-state index is 12.0. The van der Waals surface area contributed by atoms with Crippen molar-refractivity contribution in [3.05, 3.63) is 35.3 Å². The third-order valence-corrected chi connectivity index (χ3v) is 4.38. The molecule has 0 aliphatic heterocycles. The molecule has 0 spiro atoms. The van der Waals surface area contributed by atoms with E-state index in [0.717, 1.165) is 23.4 Å². The summed E-state index contributed by atoms with van der Waals surface area (Å²) >= 11 is 1.42. The van der Waals surface area contributed by atoms with E-state index in [1.807, 2.05) is 30.3 Å². The molecule has 1 fully saturated rings. The zero-order valence-corrected chi connectivity index (χ0v) is 12.9. The highest BCUT2D eigenvalue weighted by atomic mass is 32.1. The first-order chi connectivity index (χ1) is 11.3. The molecular weight excluding hydrogens is 314 g/mol. The Kier molecular flexibility index (Phi) is 3.54. The molecule has 9 heteroatoms. The fourth-order valence-electron chi connectivity index (χ4n) is 2.08. The number of hydrogen-bond donors (Lipinski definition) is 1. The molecule has 1 amide bonds. The molecule has 0 radical (unpaired) electrons. The normalized spacial score (nSPS) is 13.9. The number of carbonyl (C=O) groups is 1. The van der Waals surface area contributed by atoms with Crippen LogP contribution in [-0.4, -0.2) is 36.3 Å². The van der Waals surface area contributed by atoms with Crippen LogP contribution in [0.1, 0.15) is 23.8 Å². The lowest BCUT2D eigenvalue weighted by Crippen LogP contribution is -2.20. The number of nitrogens with zero attached hydrogens (tertiary/aromatic N) is 6. The molecule has 1 N–H and O–H groups in total. The van der Waals surface area contributed by atoms with Crippen LogP contribution in [0.15, 0.2) is 30.3 Å². The van der Waals surface area contributed by atoms with Gasteiger partial charge < -0.3 is 0 Å². The quantitative estimate of drug-likeness (QED) is 0.766. The van der Waals surface area contributed by atoms with E-state index in [-0.39, 0.29) is 12.5 Å². The number of anilines is 1. The van der Waals surface area contributed by atoms with Gasteiger partial charge in [0.2, 0.25) is 16.9 Å². The topological polar surface area (TPSA) is 98.5 Å². The minimum atomic E-state index is -0.250. The molecule has 1 aliphatic rings. The van der Waals surface area contributed by atoms with Crippen molar-refractivity contribution in [2.24, 2.45) is 0 Å². The average Bonchev–Trinajstić information content (AvgIpc) is 3.14. The van der Waals surface area contributed by atoms with Gasteiger partial charge in [0.1, 0.15) is 11.6 Å². The van der Waals surface area contributed by atoms with Crippen LogP contribution in [-0.2, 0) is 11.3 Å². The third-order valence-electron chi connectivity index (χ3n) is 3.38. The smallest absolute Gasteiger partial charge is 0.249 e. The molecule has 0 bridgehead atoms. The van der Waals surface area contributed by atoms with Crippen molar-refractivity contribution in [2.45, 2.75) is 25.3 Å². The van der Waals surface area contributed by atoms with E-state index in [0.29, 0.717) is 16.9 Å². The van der Waals surface area contributed by atoms with Crippen LogP contribution in [0.4, 0.5) is 5.13 Å². The Morgan fingerprint density at radius 1 is 1.22 bits per heavy atom. The van der Waals surface area contributed by atoms with E-state index >= 15 is 0 Å². The fraction of sp³-hybridized carbons (Fsp3) is 0.286. The summed E-state index contributed by atoms with van der Waals surface area (Å²) in [7, 11) is 0. The summed E-state index contributed by atoms with van der Waals surface area (Å²) in [6.45, 7) is -0.0157. The van der Waals surface area contributed by atoms with Crippen LogP contribution in [0.3, 0.4) is 0 Å². The summed E-state index contributed by atoms with van der Waals surface area (Å²) in [5.74, 6) is 0.773. The average molecular weight is 327 g/mol. The second-order valence-electron chi connectivity index (χ2n) is 5.28. The molecule has 2 aromatic heterocycles. The van der Waals surface area contributed by atoms with Crippen molar-refractivity contribution in [3.63, 3.8) is 0 Å². The lowest BCUT2D eigenvalue weighted by Gasteiger charge is -1.99. The fourth-order valence-corrected chi connectivity index (χ4v) is 3.01. The Morgan fingerprint density at radius 2 is 2.04 bits per heavy atom. The summed E-state index contributed by atoms with van der Waals surface area (Å²) in [6.07, 6.45) is 2.32. The van der Waals surface area contributed by atoms with Gasteiger partial charge in [-0.05, 0) is 18.1 Å². The second kappa shape index (κ2) is 5.84. The summed E-state index contributed by atoms with van der Waals surface area (Å²) in [6, 6.07) is 9.49. The molecule has 1 aromatic carbocycles. The van der Waals surface area contributed by atoms with E-state index in [4.69, 9.17) is 0 Å². The van der Waals surface area contributed by atoms with Gasteiger partial charge in [-0.25, -0.2) is 0 Å². The monoisotopic (exact) mass is 327 g/mol. The van der Waals surface area contributed by atoms with E-state index in [1.165, 1.54) is 16.1 Å². The number of carbonyl (C=O) groups excluding carboxylic acids is 1. The summed E-state index contributed by atoms with van der Waals surface area (Å²) in [4.78, 5) is 13.3. The van der Waals surface area contributed by atoms with E-state index in [9.17, 15) is 4.79 Å². The maximum Gasteiger partial charge on any atom is 0.249 e. The maximum atomic E-state index is 12.0. The Bertz CT molecular complexity index is 825. The number of benzene rings is 1. The highest BCUT2D eigenvalue weighted by molar-refractivity contribution is 7.15. The number of amides is 1. The van der Waals surface area contributed by atoms with Gasteiger partial charge >= 0.3 is 0 Å². The van der Waals surface area contributed by atoms with Crippen LogP contribution in [0, 0.1) is 0 Å². The van der Waals surface area contributed by atoms with Gasteiger partial charge in [0.05, 0.1) is 0 Å². The van der Waals surface area contributed by atoms with Crippen molar-refractivity contribution in [2.75, 3.05) is 5.32 Å². The molecule has 3 aromatic rings. The summed E-state index contributed by atoms with van der Waals surface area (Å²) in [5, 5.41) is 24.4. The Morgan fingerprint density at radius 3 is 2.83 bits per heavy atom. The molecule has 2 heterocycles. The van der Waals surface area contributed by atoms with Gasteiger partial charge in [-0.3, -0.25) is 10.1 Å². The predicted octanol–water partition coefficient (Wildman–Crippen LogP) is 1.71. The number of aromatic nitrogens is 6. The van der Waals surface area contributed by atoms with Crippen molar-refractivity contribution >= 4 is 22.4 Å². The third kappa shape index (κ3) is 3.24. The standard InChI is InChI=1S/C14H13N7OS/c22-11(15-14-18-17-13(23-14)10-6-7-10)8-21-19-12(16-20-21)9-4-2-1-3-5-9/h1-5,10H,6-8H2,(H,15,18,22). The molecule has 4 rings (SSSR count). The van der Waals surface area contributed by atoms with Crippen molar-refractivity contribution < 1.29 is 4.79 Å². The zero-order valence-electron chi connectivity index (χ0n) is 12.1. The van der Waals surface area contributed by atoms with Gasteiger partial charge in [-0.1, -0.05) is 41.7 Å². The largest absolute Gasteiger partial charge is 0.299 e. The summed E-state index contributed by atoms with van der Waals surface area (Å²) < 4.78 is 0. The Balaban J connectivity index is 1.39. The number of rotatable bonds is 5. The first-order valence-electron chi connectivity index (χ1n) is 7.24. The van der Waals surface area contributed by atoms with Crippen LogP contribution >= 0.6 is 11.3 Å². The molecule has 1 aliphatic carbocycles. The first kappa shape index (κ1) is 13.9. The molecule has 0 atom stereocenters. The highest BCUT2D eigenvalue weighted by Gasteiger charge is 2.27. The predicted molar refractivity (Wildman–Crippen MR) is 83.8 cm³/mol. The molecule has 23 heavy (non-hydrogen) atoms. The Hall–Kier alpha value is -2.68. The number of nitrogens with one attached hydrogen (secondary N) is 1. The number of tetrazole rings is 1. The molecule has 0 unspecified atom stereocenters. The molecule has 0 saturated heterocycles. The summed E-state index contributed by atoms with van der Waals surface area (Å²) in [5.41, 5.74) is 0.859. The highest BCUT2D eigenvalue weighted by Crippen LogP contribution is 2.41. The second-order valence-corrected chi connectivity index (χ2v) is 6.29. The lowest BCUT2D eigenvalue weighted by molar-refractivity contribution is -0.117. The van der Waals surface area contributed by atoms with Crippen LogP contribution in [0.25, 0.3) is 11.4 Å². The molecule has 8 nitrogen and oxygen atoms in total. The van der Waals surface area contributed by atoms with Crippen molar-refractivity contribution in [3.8, 4) is 11.4 Å². The minimum Gasteiger partial charge on any atom is -0.299 e. The molecular formula is C14H13N7OS. The van der Waals surface area contributed by atoms with Crippen molar-refractivity contribution in [1.29, 1.82) is 0 Å². The van der Waals surface area contributed by atoms with Gasteiger partial charge in [0.25, 0.3) is 0 Å². The van der Waals surface area contributed by atoms with E-state index < -0.39 is 0 Å². The zero-order chi connectivity index (χ0) is 15.6. The Labute approximate surface area is 135 Å². The lowest BCUT2D eigenvalue weighted by atomic mass is 10.2. The van der Waals surface area contributed by atoms with Gasteiger partial charge in [-0.15, -0.1) is 20.4 Å². The van der Waals surface area contributed by atoms with Crippen LogP contribution < -0.4 is 5.32 Å². The SMILES string of the molecule is O=C(Cn1nnc(-c2ccccc2)n1)Nc1nnc(C2CC2)s1. The first-order valence-corrected chi connectivity index (χ1v) is 8.06. The molecule has 1 saturated carbocycles. The van der Waals surface area contributed by atoms with E-state index in [1.54, 1.807) is 0 Å². The van der Waals surface area contributed by atoms with Gasteiger partial charge in [0, 0.05) is 11.5 Å². The number of hydrogen-bond acceptors (Lipinski definition) is 7. The minimum absolute atomic E-state index is 0.0157. The van der Waals surface area contributed by atoms with Gasteiger partial charge in [-0.2, -0.15) is 4.80 Å². The van der Waals surface area contributed by atoms with E-state index in [2.05, 4.69) is 30.9 Å². The van der Waals surface area contributed by atoms with Crippen LogP contribution in [0.2, 0.25) is 0 Å². The molecule has 116 valence electrons. The van der Waals surface area contributed by atoms with Crippen molar-refractivity contribution in [1.82, 2.24) is 30.4 Å². The van der Waals surface area contributed by atoms with Crippen LogP contribution in [0.5, 0.6) is 0 Å². The van der Waals surface area contributed by atoms with Gasteiger partial charge in [0.15, 0.2) is 0 Å².